The minimum absolute atomic E-state index is 0.0761. The van der Waals surface area contributed by atoms with Crippen LogP contribution in [0.3, 0.4) is 0 Å². The van der Waals surface area contributed by atoms with Crippen molar-refractivity contribution in [3.05, 3.63) is 76.4 Å². The third-order valence-electron chi connectivity index (χ3n) is 10.1. The number of phenolic OH excluding ortho intramolecular Hbond substituents is 1. The van der Waals surface area contributed by atoms with Crippen LogP contribution in [0.25, 0.3) is 32.9 Å². The third kappa shape index (κ3) is 4.72. The fourth-order valence-electron chi connectivity index (χ4n) is 7.99. The van der Waals surface area contributed by atoms with Crippen LogP contribution in [0.15, 0.2) is 48.7 Å². The summed E-state index contributed by atoms with van der Waals surface area (Å²) in [6.07, 6.45) is 12.1. The van der Waals surface area contributed by atoms with E-state index in [2.05, 4.69) is 20.8 Å². The average Bonchev–Trinajstić information content (AvgIpc) is 3.67. The molecule has 0 unspecified atom stereocenters. The predicted molar refractivity (Wildman–Crippen MR) is 184 cm³/mol. The molecule has 0 atom stereocenters. The normalized spacial score (nSPS) is 17.4. The highest BCUT2D eigenvalue weighted by atomic mass is 35.5. The zero-order chi connectivity index (χ0) is 33.4. The van der Waals surface area contributed by atoms with Crippen LogP contribution < -0.4 is 9.64 Å². The van der Waals surface area contributed by atoms with Crippen LogP contribution in [-0.2, 0) is 6.42 Å². The molecule has 3 aromatic carbocycles. The van der Waals surface area contributed by atoms with Gasteiger partial charge in [-0.25, -0.2) is 8.78 Å². The van der Waals surface area contributed by atoms with Crippen molar-refractivity contribution in [1.82, 2.24) is 19.9 Å². The molecule has 1 N–H and O–H groups in total. The molecule has 5 heterocycles. The van der Waals surface area contributed by atoms with E-state index in [1.165, 1.54) is 30.5 Å². The Balaban J connectivity index is 1.36. The van der Waals surface area contributed by atoms with E-state index in [4.69, 9.17) is 43.4 Å². The Morgan fingerprint density at radius 1 is 1.02 bits per heavy atom. The topological polar surface area (TPSA) is 74.6 Å². The first kappa shape index (κ1) is 30.9. The molecule has 3 aliphatic rings. The van der Waals surface area contributed by atoms with Crippen molar-refractivity contribution in [3.63, 3.8) is 0 Å². The highest BCUT2D eigenvalue weighted by Crippen LogP contribution is 2.46. The van der Waals surface area contributed by atoms with Crippen LogP contribution in [0.4, 0.5) is 20.3 Å². The maximum absolute atomic E-state index is 17.0. The summed E-state index contributed by atoms with van der Waals surface area (Å²) in [5.41, 5.74) is 0.995. The Hall–Kier alpha value is -4.39. The van der Waals surface area contributed by atoms with Crippen LogP contribution in [0.1, 0.15) is 43.2 Å². The maximum atomic E-state index is 17.0. The quantitative estimate of drug-likeness (QED) is 0.170. The molecule has 5 aromatic rings. The number of hydrogen-bond donors (Lipinski definition) is 1. The highest BCUT2D eigenvalue weighted by Gasteiger charge is 2.54. The number of aromatic hydroxyl groups is 1. The fourth-order valence-corrected chi connectivity index (χ4v) is 8.18. The molecule has 2 saturated heterocycles. The van der Waals surface area contributed by atoms with Crippen LogP contribution in [0, 0.1) is 24.0 Å². The molecule has 2 fully saturated rings. The molecular formula is C36H28B2ClF2N5O2. The molecule has 0 bridgehead atoms. The van der Waals surface area contributed by atoms with Crippen molar-refractivity contribution >= 4 is 60.5 Å². The predicted octanol–water partition coefficient (Wildman–Crippen LogP) is 6.55. The molecule has 236 valence electrons. The standard InChI is InChI=1S/C36H28B2ClF2N5O2/c1-2-24-27(40)9-7-21-17-23(47)18-25(29(21)24)31-30(41)32-26(19-42-31)33(46-15-3-6-20-16-22(39)8-10-28(20)46)44-34(43-32)48-36(37,38)35-11-4-13-45(35)14-5-12-35/h1,7-10,16-19,47H,3-6,11-15H2. The molecule has 12 heteroatoms. The Kier molecular flexibility index (Phi) is 7.31. The number of pyridine rings is 1. The summed E-state index contributed by atoms with van der Waals surface area (Å²) >= 11 is 6.34. The van der Waals surface area contributed by atoms with E-state index in [9.17, 15) is 9.50 Å². The molecule has 0 saturated carbocycles. The van der Waals surface area contributed by atoms with Crippen molar-refractivity contribution in [2.24, 2.45) is 0 Å². The van der Waals surface area contributed by atoms with E-state index in [0.29, 0.717) is 28.2 Å². The van der Waals surface area contributed by atoms with Gasteiger partial charge in [0.2, 0.25) is 0 Å². The Morgan fingerprint density at radius 3 is 2.58 bits per heavy atom. The maximum Gasteiger partial charge on any atom is 0.318 e. The van der Waals surface area contributed by atoms with Gasteiger partial charge in [-0.1, -0.05) is 23.6 Å². The molecule has 8 rings (SSSR count). The van der Waals surface area contributed by atoms with E-state index < -0.39 is 22.6 Å². The number of terminal acetylenes is 1. The summed E-state index contributed by atoms with van der Waals surface area (Å²) in [7, 11) is 13.6. The van der Waals surface area contributed by atoms with Crippen molar-refractivity contribution < 1.29 is 18.6 Å². The third-order valence-corrected chi connectivity index (χ3v) is 10.4. The monoisotopic (exact) mass is 657 g/mol. The number of fused-ring (bicyclic) bond motifs is 4. The van der Waals surface area contributed by atoms with Crippen molar-refractivity contribution in [2.75, 3.05) is 24.5 Å². The summed E-state index contributed by atoms with van der Waals surface area (Å²) in [6, 6.07) is 10.8. The van der Waals surface area contributed by atoms with Gasteiger partial charge in [0.15, 0.2) is 5.82 Å². The lowest BCUT2D eigenvalue weighted by Gasteiger charge is -2.46. The Morgan fingerprint density at radius 2 is 1.81 bits per heavy atom. The van der Waals surface area contributed by atoms with E-state index in [1.54, 1.807) is 6.07 Å². The van der Waals surface area contributed by atoms with Crippen LogP contribution in [0.2, 0.25) is 5.02 Å². The zero-order valence-corrected chi connectivity index (χ0v) is 26.7. The Bertz CT molecular complexity index is 2180. The second-order valence-electron chi connectivity index (χ2n) is 12.8. The van der Waals surface area contributed by atoms with Crippen LogP contribution >= 0.6 is 11.6 Å². The number of benzene rings is 3. The number of aryl methyl sites for hydroxylation is 1. The van der Waals surface area contributed by atoms with Crippen LogP contribution in [0.5, 0.6) is 11.8 Å². The number of aromatic nitrogens is 3. The van der Waals surface area contributed by atoms with Gasteiger partial charge in [0.05, 0.1) is 10.9 Å². The number of halogens is 3. The van der Waals surface area contributed by atoms with Crippen molar-refractivity contribution in [3.8, 4) is 35.4 Å². The van der Waals surface area contributed by atoms with Gasteiger partial charge in [0, 0.05) is 45.3 Å². The van der Waals surface area contributed by atoms with Gasteiger partial charge in [0.1, 0.15) is 44.3 Å². The molecule has 48 heavy (non-hydrogen) atoms. The zero-order valence-electron chi connectivity index (χ0n) is 25.9. The second-order valence-corrected chi connectivity index (χ2v) is 13.3. The number of anilines is 2. The molecule has 7 nitrogen and oxygen atoms in total. The first-order valence-electron chi connectivity index (χ1n) is 16.0. The van der Waals surface area contributed by atoms with Gasteiger partial charge in [0.25, 0.3) is 0 Å². The van der Waals surface area contributed by atoms with Gasteiger partial charge >= 0.3 is 6.01 Å². The molecule has 4 radical (unpaired) electrons. The summed E-state index contributed by atoms with van der Waals surface area (Å²) in [5.74, 6) is 1.06. The largest absolute Gasteiger partial charge is 0.508 e. The molecule has 0 aliphatic carbocycles. The number of hydrogen-bond acceptors (Lipinski definition) is 7. The van der Waals surface area contributed by atoms with Gasteiger partial charge < -0.3 is 14.7 Å². The molecule has 2 aromatic heterocycles. The average molecular weight is 658 g/mol. The fraction of sp³-hybridized carbons (Fsp3) is 0.306. The summed E-state index contributed by atoms with van der Waals surface area (Å²) in [4.78, 5) is 18.1. The minimum Gasteiger partial charge on any atom is -0.508 e. The van der Waals surface area contributed by atoms with E-state index in [-0.39, 0.29) is 39.5 Å². The minimum atomic E-state index is -1.68. The van der Waals surface area contributed by atoms with Gasteiger partial charge in [-0.3, -0.25) is 9.88 Å². The van der Waals surface area contributed by atoms with Gasteiger partial charge in [-0.15, -0.1) is 6.42 Å². The lowest BCUT2D eigenvalue weighted by atomic mass is 9.53. The number of ether oxygens (including phenoxy) is 1. The summed E-state index contributed by atoms with van der Waals surface area (Å²) in [5, 5.41) is 10.5. The van der Waals surface area contributed by atoms with E-state index >= 15 is 4.39 Å². The van der Waals surface area contributed by atoms with Crippen molar-refractivity contribution in [2.45, 2.75) is 49.5 Å². The van der Waals surface area contributed by atoms with Gasteiger partial charge in [-0.05, 0) is 99.0 Å². The lowest BCUT2D eigenvalue weighted by Crippen LogP contribution is -2.63. The number of rotatable bonds is 5. The summed E-state index contributed by atoms with van der Waals surface area (Å²) in [6.45, 7) is 2.29. The molecule has 3 aliphatic heterocycles. The molecule has 0 spiro atoms. The van der Waals surface area contributed by atoms with Crippen LogP contribution in [-0.4, -0.2) is 71.2 Å². The van der Waals surface area contributed by atoms with Crippen molar-refractivity contribution in [1.29, 1.82) is 0 Å². The highest BCUT2D eigenvalue weighted by molar-refractivity contribution is 6.40. The van der Waals surface area contributed by atoms with E-state index in [0.717, 1.165) is 62.9 Å². The first-order valence-corrected chi connectivity index (χ1v) is 16.3. The second kappa shape index (κ2) is 11.4. The number of phenols is 1. The van der Waals surface area contributed by atoms with E-state index in [1.807, 2.05) is 17.0 Å². The molecule has 0 amide bonds. The first-order chi connectivity index (χ1) is 23.1. The smallest absolute Gasteiger partial charge is 0.318 e. The number of nitrogens with zero attached hydrogens (tertiary/aromatic N) is 5. The SMILES string of the molecule is [B]C([B])(Oc1nc(N2CCCc3cc(Cl)ccc32)c2cnc(-c3cc(O)cc4ccc(F)c(C#C)c34)c(F)c2n1)C12CCCN1CCC2. The van der Waals surface area contributed by atoms with Gasteiger partial charge in [-0.2, -0.15) is 9.97 Å². The lowest BCUT2D eigenvalue weighted by molar-refractivity contribution is 0.0507. The summed E-state index contributed by atoms with van der Waals surface area (Å²) < 4.78 is 38.3. The Labute approximate surface area is 284 Å². The molecular weight excluding hydrogens is 630 g/mol.